The third kappa shape index (κ3) is 5.04. The van der Waals surface area contributed by atoms with Gasteiger partial charge in [-0.3, -0.25) is 9.59 Å². The molecule has 0 saturated carbocycles. The lowest BCUT2D eigenvalue weighted by Crippen LogP contribution is -2.48. The van der Waals surface area contributed by atoms with E-state index in [-0.39, 0.29) is 11.8 Å². The molecule has 1 fully saturated rings. The lowest BCUT2D eigenvalue weighted by molar-refractivity contribution is -0.131. The van der Waals surface area contributed by atoms with Crippen molar-refractivity contribution in [1.29, 1.82) is 0 Å². The van der Waals surface area contributed by atoms with Crippen molar-refractivity contribution in [2.45, 2.75) is 12.8 Å². The zero-order valence-corrected chi connectivity index (χ0v) is 17.2. The van der Waals surface area contributed by atoms with Crippen LogP contribution in [0.4, 0.5) is 5.69 Å². The number of carbonyl (C=O) groups is 2. The summed E-state index contributed by atoms with van der Waals surface area (Å²) >= 11 is 6.07. The molecule has 2 aromatic rings. The number of aryl methyl sites for hydroxylation is 1. The summed E-state index contributed by atoms with van der Waals surface area (Å²) in [5.41, 5.74) is 2.84. The van der Waals surface area contributed by atoms with Crippen molar-refractivity contribution >= 4 is 29.1 Å². The van der Waals surface area contributed by atoms with Crippen LogP contribution < -0.4 is 4.90 Å². The molecule has 2 amide bonds. The van der Waals surface area contributed by atoms with Crippen molar-refractivity contribution in [3.63, 3.8) is 0 Å². The molecule has 5 nitrogen and oxygen atoms in total. The van der Waals surface area contributed by atoms with E-state index in [9.17, 15) is 9.59 Å². The number of halogens is 1. The second-order valence-electron chi connectivity index (χ2n) is 7.24. The molecule has 2 aromatic carbocycles. The first-order valence-corrected chi connectivity index (χ1v) is 9.91. The molecule has 0 spiro atoms. The predicted molar refractivity (Wildman–Crippen MR) is 113 cm³/mol. The molecule has 1 heterocycles. The lowest BCUT2D eigenvalue weighted by atomic mass is 10.1. The Balaban J connectivity index is 1.48. The second kappa shape index (κ2) is 9.11. The van der Waals surface area contributed by atoms with Crippen molar-refractivity contribution in [2.75, 3.05) is 45.2 Å². The van der Waals surface area contributed by atoms with Crippen molar-refractivity contribution in [3.8, 4) is 0 Å². The Labute approximate surface area is 171 Å². The fourth-order valence-corrected chi connectivity index (χ4v) is 3.55. The van der Waals surface area contributed by atoms with Crippen molar-refractivity contribution in [1.82, 2.24) is 9.80 Å². The number of hydrogen-bond acceptors (Lipinski definition) is 3. The number of piperazine rings is 1. The minimum absolute atomic E-state index is 0.0137. The molecule has 1 aliphatic rings. The smallest absolute Gasteiger partial charge is 0.253 e. The van der Waals surface area contributed by atoms with E-state index in [0.29, 0.717) is 18.4 Å². The Morgan fingerprint density at radius 3 is 2.29 bits per heavy atom. The van der Waals surface area contributed by atoms with Gasteiger partial charge >= 0.3 is 0 Å². The van der Waals surface area contributed by atoms with Crippen molar-refractivity contribution < 1.29 is 9.59 Å². The molecule has 1 aliphatic heterocycles. The number of hydrogen-bond donors (Lipinski definition) is 0. The lowest BCUT2D eigenvalue weighted by Gasteiger charge is -2.36. The quantitative estimate of drug-likeness (QED) is 0.774. The molecule has 0 radical (unpaired) electrons. The maximum absolute atomic E-state index is 12.6. The van der Waals surface area contributed by atoms with Gasteiger partial charge in [0.25, 0.3) is 5.91 Å². The number of carbonyl (C=O) groups excluding carboxylic acids is 2. The normalized spacial score (nSPS) is 14.1. The van der Waals surface area contributed by atoms with Crippen LogP contribution in [-0.2, 0) is 11.2 Å². The topological polar surface area (TPSA) is 43.9 Å². The fourth-order valence-electron chi connectivity index (χ4n) is 3.37. The standard InChI is InChI=1S/C22H26ClN3O2/c1-24(2)22(28)18-9-6-17(7-10-18)8-11-21(27)26-14-12-25(13-15-26)20-5-3-4-19(23)16-20/h3-7,9-10,16H,8,11-15H2,1-2H3. The summed E-state index contributed by atoms with van der Waals surface area (Å²) in [5, 5.41) is 0.731. The molecule has 0 aliphatic carbocycles. The van der Waals surface area contributed by atoms with Gasteiger partial charge in [-0.05, 0) is 42.3 Å². The summed E-state index contributed by atoms with van der Waals surface area (Å²) in [4.78, 5) is 30.2. The van der Waals surface area contributed by atoms with E-state index in [1.54, 1.807) is 19.0 Å². The molecule has 0 unspecified atom stereocenters. The molecule has 1 saturated heterocycles. The summed E-state index contributed by atoms with van der Waals surface area (Å²) in [6, 6.07) is 15.3. The number of rotatable bonds is 5. The zero-order valence-electron chi connectivity index (χ0n) is 16.4. The summed E-state index contributed by atoms with van der Waals surface area (Å²) in [5.74, 6) is 0.166. The number of nitrogens with zero attached hydrogens (tertiary/aromatic N) is 3. The van der Waals surface area contributed by atoms with Gasteiger partial charge in [0, 0.05) is 63.0 Å². The minimum Gasteiger partial charge on any atom is -0.368 e. The van der Waals surface area contributed by atoms with Crippen LogP contribution in [0.2, 0.25) is 5.02 Å². The molecular formula is C22H26ClN3O2. The van der Waals surface area contributed by atoms with Crippen LogP contribution in [-0.4, -0.2) is 61.9 Å². The van der Waals surface area contributed by atoms with E-state index in [4.69, 9.17) is 11.6 Å². The molecule has 0 N–H and O–H groups in total. The van der Waals surface area contributed by atoms with E-state index in [1.165, 1.54) is 0 Å². The van der Waals surface area contributed by atoms with E-state index in [1.807, 2.05) is 53.4 Å². The molecule has 3 rings (SSSR count). The number of anilines is 1. The Bertz CT molecular complexity index is 828. The largest absolute Gasteiger partial charge is 0.368 e. The Kier molecular flexibility index (Phi) is 6.57. The third-order valence-corrected chi connectivity index (χ3v) is 5.28. The summed E-state index contributed by atoms with van der Waals surface area (Å²) in [7, 11) is 3.47. The van der Waals surface area contributed by atoms with E-state index < -0.39 is 0 Å². The van der Waals surface area contributed by atoms with E-state index >= 15 is 0 Å². The predicted octanol–water partition coefficient (Wildman–Crippen LogP) is 3.32. The molecule has 148 valence electrons. The Morgan fingerprint density at radius 1 is 1.00 bits per heavy atom. The summed E-state index contributed by atoms with van der Waals surface area (Å²) in [6.45, 7) is 3.07. The SMILES string of the molecule is CN(C)C(=O)c1ccc(CCC(=O)N2CCN(c3cccc(Cl)c3)CC2)cc1. The van der Waals surface area contributed by atoms with Gasteiger partial charge < -0.3 is 14.7 Å². The molecule has 28 heavy (non-hydrogen) atoms. The van der Waals surface area contributed by atoms with Crippen LogP contribution >= 0.6 is 11.6 Å². The average molecular weight is 400 g/mol. The highest BCUT2D eigenvalue weighted by molar-refractivity contribution is 6.30. The number of amides is 2. The molecule has 6 heteroatoms. The first-order valence-electron chi connectivity index (χ1n) is 9.53. The van der Waals surface area contributed by atoms with E-state index in [0.717, 1.165) is 42.5 Å². The van der Waals surface area contributed by atoms with Gasteiger partial charge in [0.15, 0.2) is 0 Å². The van der Waals surface area contributed by atoms with Gasteiger partial charge in [-0.2, -0.15) is 0 Å². The maximum Gasteiger partial charge on any atom is 0.253 e. The first-order chi connectivity index (χ1) is 13.4. The van der Waals surface area contributed by atoms with Gasteiger partial charge in [-0.1, -0.05) is 29.8 Å². The molecule has 0 bridgehead atoms. The molecule has 0 aromatic heterocycles. The van der Waals surface area contributed by atoms with Gasteiger partial charge in [0.1, 0.15) is 0 Å². The van der Waals surface area contributed by atoms with Crippen LogP contribution in [0.1, 0.15) is 22.3 Å². The van der Waals surface area contributed by atoms with Crippen molar-refractivity contribution in [2.24, 2.45) is 0 Å². The fraction of sp³-hybridized carbons (Fsp3) is 0.364. The van der Waals surface area contributed by atoms with Gasteiger partial charge in [0.05, 0.1) is 0 Å². The summed E-state index contributed by atoms with van der Waals surface area (Å²) in [6.07, 6.45) is 1.17. The minimum atomic E-state index is -0.0137. The van der Waals surface area contributed by atoms with Crippen LogP contribution in [0.15, 0.2) is 48.5 Å². The highest BCUT2D eigenvalue weighted by atomic mass is 35.5. The first kappa shape index (κ1) is 20.2. The maximum atomic E-state index is 12.6. The van der Waals surface area contributed by atoms with Crippen LogP contribution in [0.3, 0.4) is 0 Å². The highest BCUT2D eigenvalue weighted by Gasteiger charge is 2.21. The van der Waals surface area contributed by atoms with E-state index in [2.05, 4.69) is 4.90 Å². The van der Waals surface area contributed by atoms with Crippen LogP contribution in [0.25, 0.3) is 0 Å². The monoisotopic (exact) mass is 399 g/mol. The Hall–Kier alpha value is -2.53. The Morgan fingerprint density at radius 2 is 1.68 bits per heavy atom. The van der Waals surface area contributed by atoms with Crippen molar-refractivity contribution in [3.05, 3.63) is 64.7 Å². The molecule has 0 atom stereocenters. The van der Waals surface area contributed by atoms with Gasteiger partial charge in [-0.15, -0.1) is 0 Å². The second-order valence-corrected chi connectivity index (χ2v) is 7.68. The van der Waals surface area contributed by atoms with Crippen LogP contribution in [0.5, 0.6) is 0 Å². The van der Waals surface area contributed by atoms with Crippen LogP contribution in [0, 0.1) is 0 Å². The number of benzene rings is 2. The van der Waals surface area contributed by atoms with Gasteiger partial charge in [0.2, 0.25) is 5.91 Å². The highest BCUT2D eigenvalue weighted by Crippen LogP contribution is 2.21. The zero-order chi connectivity index (χ0) is 20.1. The third-order valence-electron chi connectivity index (χ3n) is 5.04. The van der Waals surface area contributed by atoms with Gasteiger partial charge in [-0.25, -0.2) is 0 Å². The average Bonchev–Trinajstić information content (AvgIpc) is 2.72. The summed E-state index contributed by atoms with van der Waals surface area (Å²) < 4.78 is 0. The molecular weight excluding hydrogens is 374 g/mol.